The molecule has 2 atom stereocenters. The molecule has 1 aliphatic rings. The molecular weight excluding hydrogens is 268 g/mol. The van der Waals surface area contributed by atoms with E-state index in [0.717, 1.165) is 19.5 Å². The van der Waals surface area contributed by atoms with Crippen molar-refractivity contribution in [1.29, 1.82) is 0 Å². The summed E-state index contributed by atoms with van der Waals surface area (Å²) < 4.78 is 0. The molecule has 1 aromatic rings. The minimum Gasteiger partial charge on any atom is -0.361 e. The number of piperidine rings is 1. The van der Waals surface area contributed by atoms with Gasteiger partial charge in [-0.25, -0.2) is 4.98 Å². The maximum absolute atomic E-state index is 11.0. The highest BCUT2D eigenvalue weighted by atomic mass is 35.5. The fraction of sp³-hybridized carbons (Fsp3) is 0.583. The Morgan fingerprint density at radius 3 is 3.00 bits per heavy atom. The summed E-state index contributed by atoms with van der Waals surface area (Å²) in [5, 5.41) is 14.5. The van der Waals surface area contributed by atoms with E-state index in [0.29, 0.717) is 11.7 Å². The van der Waals surface area contributed by atoms with Crippen LogP contribution in [0.1, 0.15) is 13.3 Å². The van der Waals surface area contributed by atoms with Crippen molar-refractivity contribution in [3.05, 3.63) is 27.4 Å². The van der Waals surface area contributed by atoms with Gasteiger partial charge in [-0.05, 0) is 25.9 Å². The smallest absolute Gasteiger partial charge is 0.312 e. The molecule has 0 aromatic carbocycles. The normalized spacial score (nSPS) is 24.2. The summed E-state index contributed by atoms with van der Waals surface area (Å²) in [6, 6.07) is 1.53. The Morgan fingerprint density at radius 1 is 1.63 bits per heavy atom. The van der Waals surface area contributed by atoms with Gasteiger partial charge in [0.2, 0.25) is 5.82 Å². The van der Waals surface area contributed by atoms with Crippen LogP contribution in [0.4, 0.5) is 11.5 Å². The van der Waals surface area contributed by atoms with Gasteiger partial charge in [0.1, 0.15) is 0 Å². The molecule has 19 heavy (non-hydrogen) atoms. The van der Waals surface area contributed by atoms with E-state index >= 15 is 0 Å². The zero-order valence-electron chi connectivity index (χ0n) is 11.0. The van der Waals surface area contributed by atoms with Gasteiger partial charge in [0.05, 0.1) is 9.95 Å². The molecule has 1 saturated heterocycles. The molecule has 0 amide bonds. The molecule has 1 fully saturated rings. The molecule has 0 aliphatic carbocycles. The third-order valence-corrected chi connectivity index (χ3v) is 3.67. The Morgan fingerprint density at radius 2 is 2.37 bits per heavy atom. The second kappa shape index (κ2) is 5.71. The number of aromatic nitrogens is 1. The lowest BCUT2D eigenvalue weighted by Crippen LogP contribution is -2.43. The number of rotatable bonds is 3. The molecule has 2 heterocycles. The minimum atomic E-state index is -0.458. The van der Waals surface area contributed by atoms with E-state index in [1.54, 1.807) is 0 Å². The van der Waals surface area contributed by atoms with Crippen molar-refractivity contribution in [2.45, 2.75) is 19.4 Å². The molecule has 7 heteroatoms. The second-order valence-corrected chi connectivity index (χ2v) is 5.49. The van der Waals surface area contributed by atoms with Crippen LogP contribution in [0.5, 0.6) is 0 Å². The number of hydrogen-bond donors (Lipinski definition) is 1. The van der Waals surface area contributed by atoms with Crippen LogP contribution in [0.25, 0.3) is 0 Å². The summed E-state index contributed by atoms with van der Waals surface area (Å²) in [4.78, 5) is 16.9. The van der Waals surface area contributed by atoms with Gasteiger partial charge < -0.3 is 10.2 Å². The van der Waals surface area contributed by atoms with Crippen molar-refractivity contribution < 1.29 is 4.92 Å². The predicted molar refractivity (Wildman–Crippen MR) is 74.6 cm³/mol. The van der Waals surface area contributed by atoms with E-state index in [2.05, 4.69) is 29.2 Å². The summed E-state index contributed by atoms with van der Waals surface area (Å²) in [5.74, 6) is 0.714. The lowest BCUT2D eigenvalue weighted by Gasteiger charge is -2.35. The van der Waals surface area contributed by atoms with E-state index in [4.69, 9.17) is 11.6 Å². The van der Waals surface area contributed by atoms with Crippen LogP contribution in [0.15, 0.2) is 12.3 Å². The van der Waals surface area contributed by atoms with Gasteiger partial charge in [-0.2, -0.15) is 0 Å². The van der Waals surface area contributed by atoms with Crippen molar-refractivity contribution in [1.82, 2.24) is 9.88 Å². The van der Waals surface area contributed by atoms with Crippen LogP contribution in [0.3, 0.4) is 0 Å². The third kappa shape index (κ3) is 3.33. The number of nitrogens with zero attached hydrogens (tertiary/aromatic N) is 3. The van der Waals surface area contributed by atoms with E-state index in [1.165, 1.54) is 12.3 Å². The van der Waals surface area contributed by atoms with Crippen LogP contribution >= 0.6 is 11.6 Å². The van der Waals surface area contributed by atoms with Crippen LogP contribution in [0.2, 0.25) is 5.02 Å². The van der Waals surface area contributed by atoms with Gasteiger partial charge in [0.25, 0.3) is 0 Å². The molecular formula is C12H17ClN4O2. The van der Waals surface area contributed by atoms with Crippen molar-refractivity contribution in [3.8, 4) is 0 Å². The summed E-state index contributed by atoms with van der Waals surface area (Å²) >= 11 is 5.75. The van der Waals surface area contributed by atoms with Crippen molar-refractivity contribution in [3.63, 3.8) is 0 Å². The second-order valence-electron chi connectivity index (χ2n) is 5.06. The monoisotopic (exact) mass is 284 g/mol. The minimum absolute atomic E-state index is 0.0707. The molecule has 0 radical (unpaired) electrons. The zero-order valence-corrected chi connectivity index (χ0v) is 11.7. The average Bonchev–Trinajstić information content (AvgIpc) is 2.34. The molecule has 0 bridgehead atoms. The number of hydrogen-bond acceptors (Lipinski definition) is 5. The van der Waals surface area contributed by atoms with Gasteiger partial charge in [-0.1, -0.05) is 18.5 Å². The Bertz CT molecular complexity index is 483. The molecule has 0 spiro atoms. The summed E-state index contributed by atoms with van der Waals surface area (Å²) in [7, 11) is 2.08. The van der Waals surface area contributed by atoms with Crippen LogP contribution in [-0.2, 0) is 0 Å². The largest absolute Gasteiger partial charge is 0.361 e. The van der Waals surface area contributed by atoms with Gasteiger partial charge in [0, 0.05) is 24.8 Å². The predicted octanol–water partition coefficient (Wildman–Crippen LogP) is 2.40. The number of likely N-dealkylation sites (tertiary alicyclic amines) is 1. The van der Waals surface area contributed by atoms with Crippen LogP contribution in [0, 0.1) is 16.0 Å². The molecule has 6 nitrogen and oxygen atoms in total. The number of nitro groups is 1. The topological polar surface area (TPSA) is 71.3 Å². The Labute approximate surface area is 116 Å². The van der Waals surface area contributed by atoms with Gasteiger partial charge in [-0.15, -0.1) is 0 Å². The number of halogens is 1. The number of nitrogens with one attached hydrogen (secondary N) is 1. The molecule has 1 aromatic heterocycles. The highest BCUT2D eigenvalue weighted by Crippen LogP contribution is 2.28. The molecule has 2 unspecified atom stereocenters. The molecule has 104 valence electrons. The number of anilines is 1. The van der Waals surface area contributed by atoms with Crippen molar-refractivity contribution >= 4 is 23.1 Å². The van der Waals surface area contributed by atoms with E-state index in [1.807, 2.05) is 0 Å². The summed E-state index contributed by atoms with van der Waals surface area (Å²) in [6.45, 7) is 4.08. The average molecular weight is 285 g/mol. The van der Waals surface area contributed by atoms with Crippen molar-refractivity contribution in [2.24, 2.45) is 5.92 Å². The van der Waals surface area contributed by atoms with Crippen LogP contribution in [-0.4, -0.2) is 41.0 Å². The Balaban J connectivity index is 2.17. The first-order valence-electron chi connectivity index (χ1n) is 6.22. The maximum Gasteiger partial charge on any atom is 0.312 e. The quantitative estimate of drug-likeness (QED) is 0.682. The SMILES string of the molecule is CC1CN(C)CCC1Nc1ncc(Cl)cc1[N+](=O)[O-]. The molecule has 1 N–H and O–H groups in total. The van der Waals surface area contributed by atoms with Crippen molar-refractivity contribution in [2.75, 3.05) is 25.5 Å². The fourth-order valence-corrected chi connectivity index (χ4v) is 2.58. The fourth-order valence-electron chi connectivity index (χ4n) is 2.42. The van der Waals surface area contributed by atoms with Gasteiger partial charge in [-0.3, -0.25) is 10.1 Å². The first-order valence-corrected chi connectivity index (χ1v) is 6.60. The third-order valence-electron chi connectivity index (χ3n) is 3.46. The highest BCUT2D eigenvalue weighted by molar-refractivity contribution is 6.30. The summed E-state index contributed by atoms with van der Waals surface area (Å²) in [6.07, 6.45) is 2.37. The highest BCUT2D eigenvalue weighted by Gasteiger charge is 2.27. The Hall–Kier alpha value is -1.40. The molecule has 2 rings (SSSR count). The van der Waals surface area contributed by atoms with Crippen LogP contribution < -0.4 is 5.32 Å². The van der Waals surface area contributed by atoms with E-state index in [-0.39, 0.29) is 16.8 Å². The zero-order chi connectivity index (χ0) is 14.0. The lowest BCUT2D eigenvalue weighted by atomic mass is 9.94. The first-order chi connectivity index (χ1) is 8.97. The van der Waals surface area contributed by atoms with E-state index in [9.17, 15) is 10.1 Å². The standard InChI is InChI=1S/C12H17ClN4O2/c1-8-7-16(2)4-3-10(8)15-12-11(17(18)19)5-9(13)6-14-12/h5-6,8,10H,3-4,7H2,1-2H3,(H,14,15). The van der Waals surface area contributed by atoms with Gasteiger partial charge >= 0.3 is 5.69 Å². The Kier molecular flexibility index (Phi) is 4.21. The molecule has 0 saturated carbocycles. The molecule has 1 aliphatic heterocycles. The maximum atomic E-state index is 11.0. The van der Waals surface area contributed by atoms with E-state index < -0.39 is 4.92 Å². The van der Waals surface area contributed by atoms with Gasteiger partial charge in [0.15, 0.2) is 0 Å². The number of pyridine rings is 1. The first kappa shape index (κ1) is 14.0. The lowest BCUT2D eigenvalue weighted by molar-refractivity contribution is -0.384. The summed E-state index contributed by atoms with van der Waals surface area (Å²) in [5.41, 5.74) is -0.0707.